The number of nitriles is 1. The van der Waals surface area contributed by atoms with Gasteiger partial charge in [0.05, 0.1) is 21.5 Å². The minimum Gasteiger partial charge on any atom is -0.445 e. The van der Waals surface area contributed by atoms with Crippen molar-refractivity contribution in [3.8, 4) is 6.07 Å². The van der Waals surface area contributed by atoms with Gasteiger partial charge in [-0.25, -0.2) is 0 Å². The van der Waals surface area contributed by atoms with E-state index in [0.29, 0.717) is 32.1 Å². The van der Waals surface area contributed by atoms with Crippen LogP contribution < -0.4 is 11.1 Å². The number of nitrogens with two attached hydrogens (primary N) is 1. The summed E-state index contributed by atoms with van der Waals surface area (Å²) < 4.78 is 5.46. The Morgan fingerprint density at radius 2 is 1.82 bits per heavy atom. The molecule has 3 rings (SSSR count). The van der Waals surface area contributed by atoms with E-state index in [9.17, 15) is 10.1 Å². The zero-order valence-corrected chi connectivity index (χ0v) is 16.9. The smallest absolute Gasteiger partial charge is 0.255 e. The zero-order valence-electron chi connectivity index (χ0n) is 14.6. The highest BCUT2D eigenvalue weighted by molar-refractivity contribution is 6.42. The molecule has 8 heteroatoms. The van der Waals surface area contributed by atoms with Gasteiger partial charge in [0.1, 0.15) is 17.4 Å². The number of allylic oxidation sites excluding steroid dienone is 2. The molecule has 28 heavy (non-hydrogen) atoms. The highest BCUT2D eigenvalue weighted by atomic mass is 35.5. The number of anilines is 1. The van der Waals surface area contributed by atoms with E-state index in [1.165, 1.54) is 0 Å². The van der Waals surface area contributed by atoms with Crippen LogP contribution in [0.1, 0.15) is 18.4 Å². The number of hydrogen-bond acceptors (Lipinski definition) is 4. The molecule has 5 nitrogen and oxygen atoms in total. The van der Waals surface area contributed by atoms with E-state index in [-0.39, 0.29) is 17.0 Å². The van der Waals surface area contributed by atoms with Crippen molar-refractivity contribution in [1.29, 1.82) is 5.26 Å². The van der Waals surface area contributed by atoms with Gasteiger partial charge in [-0.1, -0.05) is 40.9 Å². The summed E-state index contributed by atoms with van der Waals surface area (Å²) in [4.78, 5) is 13.1. The lowest BCUT2D eigenvalue weighted by atomic mass is 9.82. The molecule has 1 aliphatic heterocycles. The van der Waals surface area contributed by atoms with Crippen LogP contribution in [0.3, 0.4) is 0 Å². The van der Waals surface area contributed by atoms with Gasteiger partial charge in [-0.15, -0.1) is 0 Å². The van der Waals surface area contributed by atoms with Gasteiger partial charge >= 0.3 is 0 Å². The number of amides is 1. The molecule has 0 unspecified atom stereocenters. The van der Waals surface area contributed by atoms with E-state index < -0.39 is 11.8 Å². The topological polar surface area (TPSA) is 88.1 Å². The Morgan fingerprint density at radius 3 is 2.43 bits per heavy atom. The summed E-state index contributed by atoms with van der Waals surface area (Å²) in [6, 6.07) is 13.6. The van der Waals surface area contributed by atoms with Crippen LogP contribution in [0.5, 0.6) is 0 Å². The predicted octanol–water partition coefficient (Wildman–Crippen LogP) is 5.37. The van der Waals surface area contributed by atoms with Crippen molar-refractivity contribution < 1.29 is 9.53 Å². The molecule has 1 aliphatic rings. The quantitative estimate of drug-likeness (QED) is 0.680. The van der Waals surface area contributed by atoms with Gasteiger partial charge in [0.15, 0.2) is 0 Å². The Balaban J connectivity index is 2.06. The summed E-state index contributed by atoms with van der Waals surface area (Å²) in [7, 11) is 0. The highest BCUT2D eigenvalue weighted by Gasteiger charge is 2.35. The Bertz CT molecular complexity index is 1050. The number of ether oxygens (including phenoxy) is 1. The highest BCUT2D eigenvalue weighted by Crippen LogP contribution is 2.41. The van der Waals surface area contributed by atoms with E-state index in [0.717, 1.165) is 0 Å². The fourth-order valence-corrected chi connectivity index (χ4v) is 3.36. The predicted molar refractivity (Wildman–Crippen MR) is 110 cm³/mol. The third kappa shape index (κ3) is 3.95. The maximum absolute atomic E-state index is 13.1. The van der Waals surface area contributed by atoms with Crippen LogP contribution in [0.4, 0.5) is 5.69 Å². The van der Waals surface area contributed by atoms with Crippen LogP contribution in [-0.2, 0) is 9.53 Å². The van der Waals surface area contributed by atoms with Crippen LogP contribution >= 0.6 is 34.8 Å². The lowest BCUT2D eigenvalue weighted by Gasteiger charge is -2.27. The average Bonchev–Trinajstić information content (AvgIpc) is 2.65. The summed E-state index contributed by atoms with van der Waals surface area (Å²) in [5.74, 6) is -0.949. The monoisotopic (exact) mass is 433 g/mol. The Labute approximate surface area is 176 Å². The van der Waals surface area contributed by atoms with Gasteiger partial charge in [0.25, 0.3) is 5.91 Å². The third-order valence-corrected chi connectivity index (χ3v) is 5.22. The molecular weight excluding hydrogens is 421 g/mol. The molecule has 1 amide bonds. The third-order valence-electron chi connectivity index (χ3n) is 4.23. The minimum absolute atomic E-state index is 0.0564. The van der Waals surface area contributed by atoms with Crippen molar-refractivity contribution in [2.24, 2.45) is 5.73 Å². The largest absolute Gasteiger partial charge is 0.445 e. The first-order valence-electron chi connectivity index (χ1n) is 8.12. The summed E-state index contributed by atoms with van der Waals surface area (Å²) in [6.45, 7) is 1.61. The summed E-state index contributed by atoms with van der Waals surface area (Å²) in [6.07, 6.45) is 0. The molecule has 0 radical (unpaired) electrons. The number of rotatable bonds is 3. The lowest BCUT2D eigenvalue weighted by Crippen LogP contribution is -2.27. The Morgan fingerprint density at radius 1 is 1.14 bits per heavy atom. The van der Waals surface area contributed by atoms with Crippen molar-refractivity contribution >= 4 is 46.4 Å². The van der Waals surface area contributed by atoms with Crippen LogP contribution in [0, 0.1) is 11.3 Å². The average molecular weight is 435 g/mol. The van der Waals surface area contributed by atoms with Crippen LogP contribution in [0.2, 0.25) is 15.1 Å². The molecule has 1 atom stereocenters. The second kappa shape index (κ2) is 8.15. The van der Waals surface area contributed by atoms with Gasteiger partial charge in [0.2, 0.25) is 5.88 Å². The number of nitrogens with one attached hydrogen (secondary N) is 1. The van der Waals surface area contributed by atoms with Crippen LogP contribution in [-0.4, -0.2) is 5.91 Å². The molecule has 0 aromatic heterocycles. The molecule has 2 aromatic carbocycles. The lowest BCUT2D eigenvalue weighted by molar-refractivity contribution is -0.113. The zero-order chi connectivity index (χ0) is 20.4. The van der Waals surface area contributed by atoms with Gasteiger partial charge in [-0.05, 0) is 48.9 Å². The van der Waals surface area contributed by atoms with Crippen LogP contribution in [0.15, 0.2) is 65.3 Å². The Hall–Kier alpha value is -2.65. The summed E-state index contributed by atoms with van der Waals surface area (Å²) in [5.41, 5.74) is 7.41. The normalized spacial score (nSPS) is 16.5. The van der Waals surface area contributed by atoms with E-state index in [4.69, 9.17) is 45.3 Å². The van der Waals surface area contributed by atoms with Crippen molar-refractivity contribution in [3.63, 3.8) is 0 Å². The van der Waals surface area contributed by atoms with E-state index in [1.807, 2.05) is 6.07 Å². The SMILES string of the molecule is CC1=C(C(=O)Nc2ccc(Cl)cc2)[C@@H](c2ccc(Cl)c(Cl)c2)C(C#N)=C(N)O1. The molecule has 0 aliphatic carbocycles. The van der Waals surface area contributed by atoms with E-state index in [1.54, 1.807) is 49.4 Å². The number of carbonyl (C=O) groups is 1. The van der Waals surface area contributed by atoms with Crippen LogP contribution in [0.25, 0.3) is 0 Å². The molecule has 0 bridgehead atoms. The van der Waals surface area contributed by atoms with Crippen molar-refractivity contribution in [1.82, 2.24) is 0 Å². The van der Waals surface area contributed by atoms with E-state index in [2.05, 4.69) is 5.32 Å². The molecule has 3 N–H and O–H groups in total. The molecule has 2 aromatic rings. The number of benzene rings is 2. The molecule has 142 valence electrons. The summed E-state index contributed by atoms with van der Waals surface area (Å²) >= 11 is 18.0. The minimum atomic E-state index is -0.749. The molecular formula is C20H14Cl3N3O2. The molecule has 0 spiro atoms. The maximum atomic E-state index is 13.1. The Kier molecular flexibility index (Phi) is 5.85. The molecule has 0 fully saturated rings. The standard InChI is InChI=1S/C20H14Cl3N3O2/c1-10-17(20(27)26-13-5-3-12(21)4-6-13)18(14(9-24)19(25)28-10)11-2-7-15(22)16(23)8-11/h2-8,18H,25H2,1H3,(H,26,27)/t18-/m0/s1. The van der Waals surface area contributed by atoms with Gasteiger partial charge < -0.3 is 15.8 Å². The number of halogens is 3. The van der Waals surface area contributed by atoms with Gasteiger partial charge in [-0.3, -0.25) is 4.79 Å². The molecule has 1 heterocycles. The first-order chi connectivity index (χ1) is 13.3. The van der Waals surface area contributed by atoms with Crippen molar-refractivity contribution in [2.75, 3.05) is 5.32 Å². The number of hydrogen-bond donors (Lipinski definition) is 2. The second-order valence-corrected chi connectivity index (χ2v) is 7.28. The second-order valence-electron chi connectivity index (χ2n) is 6.03. The van der Waals surface area contributed by atoms with Gasteiger partial charge in [-0.2, -0.15) is 5.26 Å². The van der Waals surface area contributed by atoms with Crippen molar-refractivity contribution in [2.45, 2.75) is 12.8 Å². The van der Waals surface area contributed by atoms with Gasteiger partial charge in [0, 0.05) is 10.7 Å². The van der Waals surface area contributed by atoms with E-state index >= 15 is 0 Å². The fraction of sp³-hybridized carbons (Fsp3) is 0.100. The van der Waals surface area contributed by atoms with Crippen molar-refractivity contribution in [3.05, 3.63) is 85.9 Å². The molecule has 0 saturated carbocycles. The number of carbonyl (C=O) groups excluding carboxylic acids is 1. The fourth-order valence-electron chi connectivity index (χ4n) is 2.93. The first-order valence-corrected chi connectivity index (χ1v) is 9.25. The first kappa shape index (κ1) is 20.1. The number of nitrogens with zero attached hydrogens (tertiary/aromatic N) is 1. The summed E-state index contributed by atoms with van der Waals surface area (Å²) in [5, 5.41) is 13.6. The molecule has 0 saturated heterocycles. The maximum Gasteiger partial charge on any atom is 0.255 e.